The minimum Gasteiger partial charge on any atom is -0.393 e. The molecule has 0 saturated heterocycles. The Kier molecular flexibility index (Phi) is 15.7. The largest absolute Gasteiger partial charge is 0.393 e. The molecule has 0 aliphatic heterocycles. The van der Waals surface area contributed by atoms with Gasteiger partial charge in [0.05, 0.1) is 23.5 Å². The van der Waals surface area contributed by atoms with Gasteiger partial charge in [0.25, 0.3) is 0 Å². The third-order valence-corrected chi connectivity index (χ3v) is 12.2. The van der Waals surface area contributed by atoms with Crippen molar-refractivity contribution in [3.05, 3.63) is 0 Å². The van der Waals surface area contributed by atoms with Gasteiger partial charge in [0.15, 0.2) is 0 Å². The van der Waals surface area contributed by atoms with E-state index < -0.39 is 51.1 Å². The smallest absolute Gasteiger partial charge is 0.227 e. The molecule has 3 fully saturated rings. The lowest BCUT2D eigenvalue weighted by Crippen LogP contribution is -2.55. The molecular weight excluding hydrogens is 610 g/mol. The van der Waals surface area contributed by atoms with Gasteiger partial charge in [-0.15, -0.1) is 4.83 Å². The van der Waals surface area contributed by atoms with Crippen molar-refractivity contribution in [2.45, 2.75) is 141 Å². The minimum absolute atomic E-state index is 0.0125. The highest BCUT2D eigenvalue weighted by Crippen LogP contribution is 2.36. The van der Waals surface area contributed by atoms with Crippen molar-refractivity contribution in [3.8, 4) is 0 Å². The highest BCUT2D eigenvalue weighted by Gasteiger charge is 2.41. The number of carbonyl (C=O) groups is 3. The molecule has 12 nitrogen and oxygen atoms in total. The highest BCUT2D eigenvalue weighted by atomic mass is 32.2. The molecule has 0 bridgehead atoms. The molecule has 3 saturated carbocycles. The first kappa shape index (κ1) is 38.6. The van der Waals surface area contributed by atoms with E-state index in [0.29, 0.717) is 64.6 Å². The molecule has 5 unspecified atom stereocenters. The molecule has 3 aliphatic rings. The van der Waals surface area contributed by atoms with E-state index in [1.807, 2.05) is 25.7 Å². The number of hydrogen-bond acceptors (Lipinski definition) is 8. The number of likely N-dealkylation sites (N-methyl/N-ethyl adjacent to an activating group) is 1. The molecule has 0 aromatic heterocycles. The molecule has 46 heavy (non-hydrogen) atoms. The van der Waals surface area contributed by atoms with Crippen molar-refractivity contribution in [1.29, 1.82) is 0 Å². The van der Waals surface area contributed by atoms with Crippen molar-refractivity contribution < 1.29 is 33.0 Å². The summed E-state index contributed by atoms with van der Waals surface area (Å²) in [6.45, 7) is 7.39. The second-order valence-electron chi connectivity index (χ2n) is 14.1. The quantitative estimate of drug-likeness (QED) is 0.146. The number of primary amides is 1. The van der Waals surface area contributed by atoms with Crippen LogP contribution in [0.3, 0.4) is 0 Å². The highest BCUT2D eigenvalue weighted by molar-refractivity contribution is 7.90. The fourth-order valence-electron chi connectivity index (χ4n) is 7.66. The standard InChI is InChI=1S/C33H61N5O7S/c1-4-16-37(17-5-2)33(43)26-20-24(31(34)41)19-25(21-26)32(42)35-29(18-23-12-14-27(39)15-13-23)30(40)22-38(6-3)36-46(44,45)28-10-8-7-9-11-28/h23-30,36,39-40H,4-22H2,1-3H3,(H2,34,41)(H,35,42). The van der Waals surface area contributed by atoms with Gasteiger partial charge >= 0.3 is 0 Å². The average Bonchev–Trinajstić information content (AvgIpc) is 3.04. The second kappa shape index (κ2) is 18.7. The van der Waals surface area contributed by atoms with E-state index in [-0.39, 0.29) is 36.8 Å². The van der Waals surface area contributed by atoms with E-state index in [9.17, 15) is 33.0 Å². The summed E-state index contributed by atoms with van der Waals surface area (Å²) in [6.07, 6.45) is 8.41. The van der Waals surface area contributed by atoms with Crippen LogP contribution in [0, 0.1) is 23.7 Å². The summed E-state index contributed by atoms with van der Waals surface area (Å²) in [4.78, 5) is 44.3. The monoisotopic (exact) mass is 671 g/mol. The van der Waals surface area contributed by atoms with E-state index in [4.69, 9.17) is 5.73 Å². The second-order valence-corrected chi connectivity index (χ2v) is 16.0. The third-order valence-electron chi connectivity index (χ3n) is 10.4. The lowest BCUT2D eigenvalue weighted by atomic mass is 9.73. The van der Waals surface area contributed by atoms with E-state index in [0.717, 1.165) is 44.9 Å². The van der Waals surface area contributed by atoms with Crippen LogP contribution in [-0.4, -0.2) is 95.9 Å². The van der Waals surface area contributed by atoms with Crippen LogP contribution in [0.5, 0.6) is 0 Å². The summed E-state index contributed by atoms with van der Waals surface area (Å²) in [7, 11) is -3.61. The Labute approximate surface area is 276 Å². The summed E-state index contributed by atoms with van der Waals surface area (Å²) >= 11 is 0. The summed E-state index contributed by atoms with van der Waals surface area (Å²) in [5.41, 5.74) is 5.73. The number of aliphatic hydroxyl groups excluding tert-OH is 2. The van der Waals surface area contributed by atoms with Crippen molar-refractivity contribution >= 4 is 27.7 Å². The number of hydrogen-bond donors (Lipinski definition) is 5. The van der Waals surface area contributed by atoms with Crippen LogP contribution < -0.4 is 15.9 Å². The van der Waals surface area contributed by atoms with Crippen LogP contribution in [-0.2, 0) is 24.4 Å². The van der Waals surface area contributed by atoms with Crippen molar-refractivity contribution in [2.75, 3.05) is 26.2 Å². The summed E-state index contributed by atoms with van der Waals surface area (Å²) in [5.74, 6) is -2.44. The third kappa shape index (κ3) is 11.4. The van der Waals surface area contributed by atoms with Gasteiger partial charge in [-0.1, -0.05) is 40.0 Å². The Morgan fingerprint density at radius 3 is 2.02 bits per heavy atom. The normalized spacial score (nSPS) is 27.6. The van der Waals surface area contributed by atoms with Crippen LogP contribution in [0.2, 0.25) is 0 Å². The predicted octanol–water partition coefficient (Wildman–Crippen LogP) is 2.43. The molecule has 13 heteroatoms. The molecule has 0 aromatic rings. The van der Waals surface area contributed by atoms with Crippen LogP contribution >= 0.6 is 0 Å². The van der Waals surface area contributed by atoms with Gasteiger partial charge in [-0.25, -0.2) is 13.4 Å². The first-order valence-electron chi connectivity index (χ1n) is 17.9. The maximum Gasteiger partial charge on any atom is 0.227 e. The zero-order valence-corrected chi connectivity index (χ0v) is 29.2. The molecule has 266 valence electrons. The van der Waals surface area contributed by atoms with Gasteiger partial charge in [0.1, 0.15) is 0 Å². The molecule has 3 aliphatic carbocycles. The summed E-state index contributed by atoms with van der Waals surface area (Å²) in [6, 6.07) is -0.680. The topological polar surface area (TPSA) is 182 Å². The van der Waals surface area contributed by atoms with Gasteiger partial charge in [0.2, 0.25) is 27.7 Å². The molecule has 0 heterocycles. The van der Waals surface area contributed by atoms with Gasteiger partial charge in [-0.3, -0.25) is 14.4 Å². The molecule has 6 N–H and O–H groups in total. The van der Waals surface area contributed by atoms with E-state index in [2.05, 4.69) is 10.1 Å². The van der Waals surface area contributed by atoms with E-state index in [1.54, 1.807) is 0 Å². The van der Waals surface area contributed by atoms with Gasteiger partial charge in [0, 0.05) is 43.9 Å². The van der Waals surface area contributed by atoms with Crippen molar-refractivity contribution in [2.24, 2.45) is 29.4 Å². The molecule has 3 amide bonds. The Hall–Kier alpha value is -1.80. The Morgan fingerprint density at radius 1 is 0.870 bits per heavy atom. The molecule has 5 atom stereocenters. The maximum atomic E-state index is 13.9. The number of aliphatic hydroxyl groups is 2. The summed E-state index contributed by atoms with van der Waals surface area (Å²) < 4.78 is 26.3. The van der Waals surface area contributed by atoms with Gasteiger partial charge in [-0.05, 0) is 83.0 Å². The number of nitrogens with zero attached hydrogens (tertiary/aromatic N) is 2. The zero-order valence-electron chi connectivity index (χ0n) is 28.4. The number of hydrazine groups is 1. The Balaban J connectivity index is 1.76. The Morgan fingerprint density at radius 2 is 1.46 bits per heavy atom. The number of carbonyl (C=O) groups excluding carboxylic acids is 3. The number of sulfonamides is 1. The molecule has 3 rings (SSSR count). The number of nitrogens with one attached hydrogen (secondary N) is 2. The molecule has 0 radical (unpaired) electrons. The average molecular weight is 672 g/mol. The summed E-state index contributed by atoms with van der Waals surface area (Å²) in [5, 5.41) is 25.7. The van der Waals surface area contributed by atoms with Crippen molar-refractivity contribution in [1.82, 2.24) is 20.1 Å². The Bertz CT molecular complexity index is 1070. The van der Waals surface area contributed by atoms with Crippen LogP contribution in [0.25, 0.3) is 0 Å². The van der Waals surface area contributed by atoms with Gasteiger partial charge < -0.3 is 26.2 Å². The predicted molar refractivity (Wildman–Crippen MR) is 177 cm³/mol. The van der Waals surface area contributed by atoms with E-state index in [1.165, 1.54) is 5.01 Å². The van der Waals surface area contributed by atoms with Crippen LogP contribution in [0.1, 0.15) is 117 Å². The fourth-order valence-corrected chi connectivity index (χ4v) is 9.33. The number of nitrogens with two attached hydrogens (primary N) is 1. The lowest BCUT2D eigenvalue weighted by molar-refractivity contribution is -0.141. The molecule has 0 aromatic carbocycles. The molecular formula is C33H61N5O7S. The minimum atomic E-state index is -3.61. The zero-order chi connectivity index (χ0) is 33.9. The van der Waals surface area contributed by atoms with Crippen LogP contribution in [0.15, 0.2) is 0 Å². The first-order chi connectivity index (χ1) is 21.9. The SMILES string of the molecule is CCCN(CCC)C(=O)C1CC(C(N)=O)CC(C(=O)NC(CC2CCC(O)CC2)C(O)CN(CC)NS(=O)(=O)C2CCCCC2)C1. The lowest BCUT2D eigenvalue weighted by Gasteiger charge is -2.37. The van der Waals surface area contributed by atoms with E-state index >= 15 is 0 Å². The van der Waals surface area contributed by atoms with Crippen molar-refractivity contribution in [3.63, 3.8) is 0 Å². The fraction of sp³-hybridized carbons (Fsp3) is 0.909. The first-order valence-corrected chi connectivity index (χ1v) is 19.4. The van der Waals surface area contributed by atoms with Crippen LogP contribution in [0.4, 0.5) is 0 Å². The number of amides is 3. The maximum absolute atomic E-state index is 13.9. The van der Waals surface area contributed by atoms with Gasteiger partial charge in [-0.2, -0.15) is 0 Å². The molecule has 0 spiro atoms. The number of rotatable bonds is 17.